The van der Waals surface area contributed by atoms with Crippen molar-refractivity contribution in [2.75, 3.05) is 33.3 Å². The van der Waals surface area contributed by atoms with E-state index < -0.39 is 23.7 Å². The number of anilines is 1. The summed E-state index contributed by atoms with van der Waals surface area (Å²) in [4.78, 5) is 45.1. The Morgan fingerprint density at radius 1 is 1.03 bits per heavy atom. The smallest absolute Gasteiger partial charge is 0.350 e. The van der Waals surface area contributed by atoms with Gasteiger partial charge in [-0.2, -0.15) is 0 Å². The van der Waals surface area contributed by atoms with E-state index in [1.54, 1.807) is 50.2 Å². The summed E-state index contributed by atoms with van der Waals surface area (Å²) in [5, 5.41) is 11.6. The van der Waals surface area contributed by atoms with Crippen LogP contribution in [-0.4, -0.2) is 56.2 Å². The maximum absolute atomic E-state index is 13.5. The quantitative estimate of drug-likeness (QED) is 0.204. The number of para-hydroxylation sites is 1. The molecule has 3 aromatic rings. The third-order valence-corrected chi connectivity index (χ3v) is 7.36. The molecule has 11 heteroatoms. The molecule has 0 radical (unpaired) electrons. The van der Waals surface area contributed by atoms with Gasteiger partial charge in [0.15, 0.2) is 16.6 Å². The highest BCUT2D eigenvalue weighted by molar-refractivity contribution is 7.17. The molecule has 0 bridgehead atoms. The van der Waals surface area contributed by atoms with Gasteiger partial charge < -0.3 is 24.1 Å². The number of benzene rings is 2. The number of amides is 1. The van der Waals surface area contributed by atoms with Crippen molar-refractivity contribution in [2.45, 2.75) is 19.9 Å². The first-order valence-corrected chi connectivity index (χ1v) is 12.2. The summed E-state index contributed by atoms with van der Waals surface area (Å²) >= 11 is 0.909. The van der Waals surface area contributed by atoms with E-state index in [-0.39, 0.29) is 27.1 Å². The standard InChI is InChI=1S/C27H26N2O8S/c1-13-12-15(34-3)10-11-16(13)21(30)19-20(17-8-7-9-18(35-4)23(17)36-5)29(25(32)22(19)31)27-28-14(2)24(38-27)26(33)37-6/h7-12,20,30H,1-6H3/t20-/m0/s1. The molecule has 1 fully saturated rings. The number of methoxy groups -OCH3 is 4. The number of esters is 1. The SMILES string of the molecule is COC(=O)c1sc(N2C(=O)C(=O)C(=C(O)c3ccc(OC)cc3C)[C@@H]2c2cccc(OC)c2OC)nc1C. The van der Waals surface area contributed by atoms with E-state index in [1.165, 1.54) is 28.4 Å². The second kappa shape index (κ2) is 10.5. The Hall–Kier alpha value is -4.38. The van der Waals surface area contributed by atoms with E-state index in [0.29, 0.717) is 33.9 Å². The van der Waals surface area contributed by atoms with Crippen LogP contribution in [0.3, 0.4) is 0 Å². The highest BCUT2D eigenvalue weighted by atomic mass is 32.1. The molecule has 1 aromatic heterocycles. The molecule has 38 heavy (non-hydrogen) atoms. The average molecular weight is 539 g/mol. The molecule has 1 N–H and O–H groups in total. The fourth-order valence-electron chi connectivity index (χ4n) is 4.39. The number of carbonyl (C=O) groups is 3. The number of ketones is 1. The summed E-state index contributed by atoms with van der Waals surface area (Å²) in [5.74, 6) is -1.63. The van der Waals surface area contributed by atoms with Gasteiger partial charge >= 0.3 is 11.9 Å². The van der Waals surface area contributed by atoms with E-state index >= 15 is 0 Å². The minimum absolute atomic E-state index is 0.0883. The Kier molecular flexibility index (Phi) is 7.40. The van der Waals surface area contributed by atoms with Gasteiger partial charge in [-0.3, -0.25) is 14.5 Å². The number of hydrogen-bond donors (Lipinski definition) is 1. The number of rotatable bonds is 7. The van der Waals surface area contributed by atoms with Gasteiger partial charge in [-0.1, -0.05) is 23.5 Å². The van der Waals surface area contributed by atoms with Gasteiger partial charge in [0.2, 0.25) is 0 Å². The second-order valence-electron chi connectivity index (χ2n) is 8.34. The minimum Gasteiger partial charge on any atom is -0.507 e. The van der Waals surface area contributed by atoms with Crippen molar-refractivity contribution in [2.24, 2.45) is 0 Å². The molecule has 1 atom stereocenters. The maximum Gasteiger partial charge on any atom is 0.350 e. The normalized spacial score (nSPS) is 16.5. The number of ether oxygens (including phenoxy) is 4. The first-order chi connectivity index (χ1) is 18.2. The molecule has 1 amide bonds. The Morgan fingerprint density at radius 3 is 2.37 bits per heavy atom. The number of Topliss-reactive ketones (excluding diaryl/α,β-unsaturated/α-hetero) is 1. The van der Waals surface area contributed by atoms with Crippen LogP contribution < -0.4 is 19.1 Å². The molecule has 1 aliphatic heterocycles. The summed E-state index contributed by atoms with van der Waals surface area (Å²) in [5.41, 5.74) is 1.53. The molecule has 2 heterocycles. The van der Waals surface area contributed by atoms with Crippen LogP contribution >= 0.6 is 11.3 Å². The fraction of sp³-hybridized carbons (Fsp3) is 0.259. The highest BCUT2D eigenvalue weighted by Crippen LogP contribution is 2.48. The number of aliphatic hydroxyl groups excluding tert-OH is 1. The van der Waals surface area contributed by atoms with Crippen molar-refractivity contribution >= 4 is 39.9 Å². The minimum atomic E-state index is -1.14. The lowest BCUT2D eigenvalue weighted by molar-refractivity contribution is -0.132. The number of aryl methyl sites for hydroxylation is 2. The number of aliphatic hydroxyl groups is 1. The molecule has 0 saturated carbocycles. The van der Waals surface area contributed by atoms with Crippen LogP contribution in [0.5, 0.6) is 17.2 Å². The zero-order valence-corrected chi connectivity index (χ0v) is 22.5. The molecule has 2 aromatic carbocycles. The van der Waals surface area contributed by atoms with Gasteiger partial charge in [0.1, 0.15) is 22.4 Å². The molecule has 1 saturated heterocycles. The topological polar surface area (TPSA) is 124 Å². The predicted molar refractivity (Wildman–Crippen MR) is 140 cm³/mol. The zero-order chi connectivity index (χ0) is 27.7. The molecule has 0 spiro atoms. The lowest BCUT2D eigenvalue weighted by Gasteiger charge is -2.25. The van der Waals surface area contributed by atoms with E-state index in [2.05, 4.69) is 4.98 Å². The third-order valence-electron chi connectivity index (χ3n) is 6.22. The Balaban J connectivity index is 2.02. The molecule has 198 valence electrons. The van der Waals surface area contributed by atoms with Gasteiger partial charge in [-0.25, -0.2) is 9.78 Å². The first-order valence-electron chi connectivity index (χ1n) is 11.4. The van der Waals surface area contributed by atoms with E-state index in [9.17, 15) is 19.5 Å². The highest BCUT2D eigenvalue weighted by Gasteiger charge is 2.49. The number of nitrogens with zero attached hydrogens (tertiary/aromatic N) is 2. The zero-order valence-electron chi connectivity index (χ0n) is 21.6. The second-order valence-corrected chi connectivity index (χ2v) is 9.31. The predicted octanol–water partition coefficient (Wildman–Crippen LogP) is 4.20. The van der Waals surface area contributed by atoms with Gasteiger partial charge in [-0.05, 0) is 43.7 Å². The van der Waals surface area contributed by atoms with Crippen LogP contribution in [0, 0.1) is 13.8 Å². The molecular weight excluding hydrogens is 512 g/mol. The van der Waals surface area contributed by atoms with Crippen molar-refractivity contribution in [3.8, 4) is 17.2 Å². The Labute approximate surface area is 223 Å². The maximum atomic E-state index is 13.5. The largest absolute Gasteiger partial charge is 0.507 e. The lowest BCUT2D eigenvalue weighted by atomic mass is 9.93. The lowest BCUT2D eigenvalue weighted by Crippen LogP contribution is -2.29. The summed E-state index contributed by atoms with van der Waals surface area (Å²) < 4.78 is 21.2. The van der Waals surface area contributed by atoms with Crippen molar-refractivity contribution in [3.63, 3.8) is 0 Å². The van der Waals surface area contributed by atoms with E-state index in [4.69, 9.17) is 18.9 Å². The average Bonchev–Trinajstić information content (AvgIpc) is 3.43. The Morgan fingerprint density at radius 2 is 1.76 bits per heavy atom. The number of carbonyl (C=O) groups excluding carboxylic acids is 3. The molecule has 10 nitrogen and oxygen atoms in total. The van der Waals surface area contributed by atoms with Gasteiger partial charge in [0, 0.05) is 11.1 Å². The number of thiazole rings is 1. The first kappa shape index (κ1) is 26.7. The van der Waals surface area contributed by atoms with Crippen LogP contribution in [0.1, 0.15) is 38.1 Å². The molecule has 4 rings (SSSR count). The molecular formula is C27H26N2O8S. The summed E-state index contributed by atoms with van der Waals surface area (Å²) in [6, 6.07) is 8.84. The van der Waals surface area contributed by atoms with Crippen LogP contribution in [0.25, 0.3) is 5.76 Å². The summed E-state index contributed by atoms with van der Waals surface area (Å²) in [6.45, 7) is 3.35. The van der Waals surface area contributed by atoms with E-state index in [1.807, 2.05) is 0 Å². The van der Waals surface area contributed by atoms with Crippen LogP contribution in [0.15, 0.2) is 42.0 Å². The van der Waals surface area contributed by atoms with Crippen LogP contribution in [0.4, 0.5) is 5.13 Å². The van der Waals surface area contributed by atoms with Crippen molar-refractivity contribution in [3.05, 3.63) is 69.2 Å². The van der Waals surface area contributed by atoms with Crippen molar-refractivity contribution < 1.29 is 38.4 Å². The van der Waals surface area contributed by atoms with Gasteiger partial charge in [-0.15, -0.1) is 0 Å². The van der Waals surface area contributed by atoms with Crippen LogP contribution in [0.2, 0.25) is 0 Å². The summed E-state index contributed by atoms with van der Waals surface area (Å²) in [6.07, 6.45) is 0. The third kappa shape index (κ3) is 4.34. The fourth-order valence-corrected chi connectivity index (χ4v) is 5.40. The summed E-state index contributed by atoms with van der Waals surface area (Å²) in [7, 11) is 5.66. The Bertz CT molecular complexity index is 1480. The van der Waals surface area contributed by atoms with Gasteiger partial charge in [0.25, 0.3) is 5.78 Å². The van der Waals surface area contributed by atoms with Crippen LogP contribution in [-0.2, 0) is 14.3 Å². The van der Waals surface area contributed by atoms with Gasteiger partial charge in [0.05, 0.1) is 39.7 Å². The van der Waals surface area contributed by atoms with Crippen molar-refractivity contribution in [1.29, 1.82) is 0 Å². The monoisotopic (exact) mass is 538 g/mol. The number of aromatic nitrogens is 1. The molecule has 0 aliphatic carbocycles. The van der Waals surface area contributed by atoms with Crippen molar-refractivity contribution in [1.82, 2.24) is 4.98 Å². The number of hydrogen-bond acceptors (Lipinski definition) is 10. The molecule has 1 aliphatic rings. The van der Waals surface area contributed by atoms with E-state index in [0.717, 1.165) is 16.2 Å². The molecule has 0 unspecified atom stereocenters.